The maximum atomic E-state index is 4.16. The Bertz CT molecular complexity index is 207. The fraction of sp³-hybridized carbons (Fsp3) is 0.500. The molecule has 3 nitrogen and oxygen atoms in total. The number of nitrogens with zero attached hydrogens (tertiary/aromatic N) is 3. The van der Waals surface area contributed by atoms with Gasteiger partial charge in [0.2, 0.25) is 0 Å². The van der Waals surface area contributed by atoms with Crippen molar-refractivity contribution in [2.24, 2.45) is 7.05 Å². The lowest BCUT2D eigenvalue weighted by molar-refractivity contribution is 0.528. The number of hydrogen-bond acceptors (Lipinski definition) is 2. The highest BCUT2D eigenvalue weighted by atomic mass is 31.0. The van der Waals surface area contributed by atoms with Gasteiger partial charge in [0.15, 0.2) is 0 Å². The SMILES string of the molecule is CN(P)Cc1nccn1C. The summed E-state index contributed by atoms with van der Waals surface area (Å²) in [7, 11) is 6.60. The first-order chi connectivity index (χ1) is 4.70. The predicted octanol–water partition coefficient (Wildman–Crippen LogP) is 0.642. The van der Waals surface area contributed by atoms with Crippen LogP contribution < -0.4 is 0 Å². The quantitative estimate of drug-likeness (QED) is 0.587. The van der Waals surface area contributed by atoms with E-state index >= 15 is 0 Å². The van der Waals surface area contributed by atoms with Gasteiger partial charge < -0.3 is 4.57 Å². The van der Waals surface area contributed by atoms with E-state index in [1.807, 2.05) is 35.7 Å². The molecule has 56 valence electrons. The standard InChI is InChI=1S/C6H12N3P/c1-8-4-3-7-6(8)5-9(2)10/h3-4H,5,10H2,1-2H3. The largest absolute Gasteiger partial charge is 0.337 e. The van der Waals surface area contributed by atoms with Crippen molar-refractivity contribution >= 4 is 9.39 Å². The highest BCUT2D eigenvalue weighted by Gasteiger charge is 1.98. The molecule has 0 aliphatic carbocycles. The van der Waals surface area contributed by atoms with E-state index in [0.717, 1.165) is 12.4 Å². The summed E-state index contributed by atoms with van der Waals surface area (Å²) in [5, 5.41) is 0. The fourth-order valence-corrected chi connectivity index (χ4v) is 0.935. The van der Waals surface area contributed by atoms with Gasteiger partial charge in [-0.2, -0.15) is 0 Å². The van der Waals surface area contributed by atoms with E-state index in [9.17, 15) is 0 Å². The Kier molecular flexibility index (Phi) is 2.41. The Balaban J connectivity index is 2.65. The Morgan fingerprint density at radius 3 is 2.90 bits per heavy atom. The average Bonchev–Trinajstić information content (AvgIpc) is 2.15. The van der Waals surface area contributed by atoms with Gasteiger partial charge in [0, 0.05) is 19.4 Å². The van der Waals surface area contributed by atoms with Crippen molar-refractivity contribution in [3.8, 4) is 0 Å². The van der Waals surface area contributed by atoms with Crippen molar-refractivity contribution in [1.29, 1.82) is 0 Å². The third-order valence-electron chi connectivity index (χ3n) is 1.31. The molecule has 1 rings (SSSR count). The van der Waals surface area contributed by atoms with Gasteiger partial charge in [0.25, 0.3) is 0 Å². The zero-order chi connectivity index (χ0) is 7.56. The fourth-order valence-electron chi connectivity index (χ4n) is 0.772. The van der Waals surface area contributed by atoms with Gasteiger partial charge >= 0.3 is 0 Å². The molecule has 1 atom stereocenters. The van der Waals surface area contributed by atoms with Crippen LogP contribution in [0.1, 0.15) is 5.82 Å². The summed E-state index contributed by atoms with van der Waals surface area (Å²) in [6, 6.07) is 0. The van der Waals surface area contributed by atoms with Crippen LogP contribution in [-0.4, -0.2) is 21.3 Å². The molecular weight excluding hydrogens is 145 g/mol. The first-order valence-corrected chi connectivity index (χ1v) is 3.64. The molecule has 0 aliphatic rings. The highest BCUT2D eigenvalue weighted by molar-refractivity contribution is 7.13. The van der Waals surface area contributed by atoms with Crippen molar-refractivity contribution in [2.45, 2.75) is 6.54 Å². The van der Waals surface area contributed by atoms with E-state index in [-0.39, 0.29) is 0 Å². The lowest BCUT2D eigenvalue weighted by atomic mass is 10.6. The second-order valence-corrected chi connectivity index (χ2v) is 3.25. The smallest absolute Gasteiger partial charge is 0.122 e. The number of rotatable bonds is 2. The Hall–Kier alpha value is -0.400. The van der Waals surface area contributed by atoms with Crippen LogP contribution in [0.4, 0.5) is 0 Å². The number of aryl methyl sites for hydroxylation is 1. The van der Waals surface area contributed by atoms with Crippen LogP contribution in [0.3, 0.4) is 0 Å². The molecule has 10 heavy (non-hydrogen) atoms. The van der Waals surface area contributed by atoms with Crippen molar-refractivity contribution in [3.63, 3.8) is 0 Å². The van der Waals surface area contributed by atoms with Crippen LogP contribution in [-0.2, 0) is 13.6 Å². The van der Waals surface area contributed by atoms with Crippen LogP contribution in [0.25, 0.3) is 0 Å². The molecule has 0 saturated carbocycles. The molecule has 4 heteroatoms. The van der Waals surface area contributed by atoms with E-state index in [0.29, 0.717) is 0 Å². The molecule has 0 aliphatic heterocycles. The summed E-state index contributed by atoms with van der Waals surface area (Å²) in [6.45, 7) is 0.869. The molecule has 1 aromatic heterocycles. The molecule has 1 heterocycles. The Morgan fingerprint density at radius 2 is 2.50 bits per heavy atom. The molecule has 0 fully saturated rings. The molecule has 0 bridgehead atoms. The van der Waals surface area contributed by atoms with Gasteiger partial charge in [-0.15, -0.1) is 0 Å². The van der Waals surface area contributed by atoms with Crippen LogP contribution in [0.5, 0.6) is 0 Å². The summed E-state index contributed by atoms with van der Waals surface area (Å²) in [4.78, 5) is 4.16. The average molecular weight is 157 g/mol. The van der Waals surface area contributed by atoms with Gasteiger partial charge in [-0.1, -0.05) is 9.39 Å². The number of imidazole rings is 1. The molecule has 1 unspecified atom stereocenters. The maximum Gasteiger partial charge on any atom is 0.122 e. The van der Waals surface area contributed by atoms with Crippen LogP contribution in [0.15, 0.2) is 12.4 Å². The summed E-state index contributed by atoms with van der Waals surface area (Å²) in [5.41, 5.74) is 0. The molecule has 0 saturated heterocycles. The first-order valence-electron chi connectivity index (χ1n) is 3.12. The number of hydrogen-bond donors (Lipinski definition) is 0. The zero-order valence-corrected chi connectivity index (χ0v) is 7.44. The van der Waals surface area contributed by atoms with Crippen molar-refractivity contribution in [2.75, 3.05) is 7.05 Å². The van der Waals surface area contributed by atoms with Crippen molar-refractivity contribution in [1.82, 2.24) is 14.2 Å². The summed E-state index contributed by atoms with van der Waals surface area (Å²) in [5.74, 6) is 1.08. The molecule has 0 amide bonds. The third kappa shape index (κ3) is 1.79. The topological polar surface area (TPSA) is 21.1 Å². The van der Waals surface area contributed by atoms with E-state index in [4.69, 9.17) is 0 Å². The van der Waals surface area contributed by atoms with E-state index in [2.05, 4.69) is 14.4 Å². The van der Waals surface area contributed by atoms with Crippen LogP contribution >= 0.6 is 9.39 Å². The van der Waals surface area contributed by atoms with E-state index in [1.54, 1.807) is 0 Å². The van der Waals surface area contributed by atoms with Crippen molar-refractivity contribution in [3.05, 3.63) is 18.2 Å². The molecule has 0 N–H and O–H groups in total. The predicted molar refractivity (Wildman–Crippen MR) is 44.4 cm³/mol. The van der Waals surface area contributed by atoms with Gasteiger partial charge in [-0.05, 0) is 7.05 Å². The Labute approximate surface area is 63.3 Å². The Morgan fingerprint density at radius 1 is 1.80 bits per heavy atom. The maximum absolute atomic E-state index is 4.16. The second kappa shape index (κ2) is 3.13. The molecule has 1 aromatic rings. The summed E-state index contributed by atoms with van der Waals surface area (Å²) in [6.07, 6.45) is 3.76. The summed E-state index contributed by atoms with van der Waals surface area (Å²) < 4.78 is 4.03. The minimum Gasteiger partial charge on any atom is -0.337 e. The lowest BCUT2D eigenvalue weighted by Gasteiger charge is -2.07. The molecule has 0 spiro atoms. The minimum absolute atomic E-state index is 0.869. The highest BCUT2D eigenvalue weighted by Crippen LogP contribution is 2.01. The molecule has 0 radical (unpaired) electrons. The van der Waals surface area contributed by atoms with E-state index in [1.165, 1.54) is 0 Å². The van der Waals surface area contributed by atoms with Gasteiger partial charge in [0.1, 0.15) is 5.82 Å². The summed E-state index contributed by atoms with van der Waals surface area (Å²) >= 11 is 0. The lowest BCUT2D eigenvalue weighted by Crippen LogP contribution is -2.08. The minimum atomic E-state index is 0.869. The first kappa shape index (κ1) is 7.70. The second-order valence-electron chi connectivity index (χ2n) is 2.37. The third-order valence-corrected chi connectivity index (χ3v) is 1.49. The molecular formula is C6H12N3P. The zero-order valence-electron chi connectivity index (χ0n) is 6.28. The molecule has 0 aromatic carbocycles. The number of aromatic nitrogens is 2. The van der Waals surface area contributed by atoms with Gasteiger partial charge in [-0.25, -0.2) is 4.98 Å². The van der Waals surface area contributed by atoms with E-state index < -0.39 is 0 Å². The van der Waals surface area contributed by atoms with Gasteiger partial charge in [-0.3, -0.25) is 4.67 Å². The van der Waals surface area contributed by atoms with Crippen LogP contribution in [0, 0.1) is 0 Å². The van der Waals surface area contributed by atoms with Crippen LogP contribution in [0.2, 0.25) is 0 Å². The van der Waals surface area contributed by atoms with Crippen molar-refractivity contribution < 1.29 is 0 Å². The normalized spacial score (nSPS) is 10.8. The monoisotopic (exact) mass is 157 g/mol. The van der Waals surface area contributed by atoms with Gasteiger partial charge in [0.05, 0.1) is 6.54 Å².